The second-order valence-electron chi connectivity index (χ2n) is 9.48. The molecule has 34 heavy (non-hydrogen) atoms. The smallest absolute Gasteiger partial charge is 0.331 e. The number of carbonyl (C=O) groups excluding carboxylic acids is 1. The van der Waals surface area contributed by atoms with Crippen LogP contribution in [-0.4, -0.2) is 46.5 Å². The summed E-state index contributed by atoms with van der Waals surface area (Å²) in [4.78, 5) is 24.2. The summed E-state index contributed by atoms with van der Waals surface area (Å²) >= 11 is 4.53. The summed E-state index contributed by atoms with van der Waals surface area (Å²) in [6.45, 7) is 4.31. The van der Waals surface area contributed by atoms with Crippen molar-refractivity contribution in [2.75, 3.05) is 29.6 Å². The Bertz CT molecular complexity index is 1130. The predicted octanol–water partition coefficient (Wildman–Crippen LogP) is 5.92. The molecule has 0 atom stereocenters. The molecule has 8 heteroatoms. The largest absolute Gasteiger partial charge is 0.362 e. The van der Waals surface area contributed by atoms with E-state index in [-0.39, 0.29) is 18.1 Å². The maximum absolute atomic E-state index is 12.7. The SMILES string of the molecule is CC(C)c1ccc(NC(=O)N(S)C2CCC(Nc3nc(N(C)C)c4ccccc4n3)CC2)cc1. The molecule has 1 aliphatic carbocycles. The number of fused-ring (bicyclic) bond motifs is 1. The second kappa shape index (κ2) is 10.5. The Morgan fingerprint density at radius 2 is 1.68 bits per heavy atom. The maximum Gasteiger partial charge on any atom is 0.331 e. The lowest BCUT2D eigenvalue weighted by Crippen LogP contribution is -2.40. The van der Waals surface area contributed by atoms with Gasteiger partial charge >= 0.3 is 6.03 Å². The molecule has 0 bridgehead atoms. The van der Waals surface area contributed by atoms with E-state index in [0.717, 1.165) is 48.1 Å². The predicted molar refractivity (Wildman–Crippen MR) is 144 cm³/mol. The normalized spacial score (nSPS) is 18.1. The summed E-state index contributed by atoms with van der Waals surface area (Å²) in [5, 5.41) is 7.52. The van der Waals surface area contributed by atoms with Gasteiger partial charge in [-0.15, -0.1) is 0 Å². The molecule has 4 rings (SSSR count). The van der Waals surface area contributed by atoms with Crippen LogP contribution in [0.15, 0.2) is 48.5 Å². The highest BCUT2D eigenvalue weighted by atomic mass is 32.1. The molecular weight excluding hydrogens is 444 g/mol. The van der Waals surface area contributed by atoms with Crippen molar-refractivity contribution in [2.24, 2.45) is 0 Å². The van der Waals surface area contributed by atoms with Gasteiger partial charge in [-0.25, -0.2) is 9.78 Å². The van der Waals surface area contributed by atoms with Gasteiger partial charge in [-0.05, 0) is 61.4 Å². The van der Waals surface area contributed by atoms with Crippen LogP contribution >= 0.6 is 12.8 Å². The van der Waals surface area contributed by atoms with Crippen molar-refractivity contribution in [1.29, 1.82) is 0 Å². The molecule has 0 spiro atoms. The number of carbonyl (C=O) groups is 1. The highest BCUT2D eigenvalue weighted by Crippen LogP contribution is 2.29. The van der Waals surface area contributed by atoms with Gasteiger partial charge in [-0.3, -0.25) is 4.31 Å². The first kappa shape index (κ1) is 24.1. The number of hydrogen-bond donors (Lipinski definition) is 3. The van der Waals surface area contributed by atoms with E-state index < -0.39 is 0 Å². The molecule has 0 aliphatic heterocycles. The van der Waals surface area contributed by atoms with E-state index in [4.69, 9.17) is 9.97 Å². The zero-order valence-corrected chi connectivity index (χ0v) is 21.2. The topological polar surface area (TPSA) is 73.4 Å². The molecule has 2 aromatic carbocycles. The first-order valence-electron chi connectivity index (χ1n) is 11.9. The highest BCUT2D eigenvalue weighted by molar-refractivity contribution is 7.78. The average molecular weight is 479 g/mol. The van der Waals surface area contributed by atoms with Crippen molar-refractivity contribution >= 4 is 47.2 Å². The molecule has 0 radical (unpaired) electrons. The fraction of sp³-hybridized carbons (Fsp3) is 0.423. The van der Waals surface area contributed by atoms with E-state index >= 15 is 0 Å². The Balaban J connectivity index is 1.33. The Kier molecular flexibility index (Phi) is 7.46. The number of hydrogen-bond acceptors (Lipinski definition) is 6. The van der Waals surface area contributed by atoms with Crippen LogP contribution < -0.4 is 15.5 Å². The third kappa shape index (κ3) is 5.55. The number of thiol groups is 1. The fourth-order valence-electron chi connectivity index (χ4n) is 4.41. The summed E-state index contributed by atoms with van der Waals surface area (Å²) in [6.07, 6.45) is 3.58. The molecule has 2 N–H and O–H groups in total. The number of nitrogens with zero attached hydrogens (tertiary/aromatic N) is 4. The monoisotopic (exact) mass is 478 g/mol. The van der Waals surface area contributed by atoms with E-state index in [2.05, 4.69) is 49.4 Å². The Labute approximate surface area is 207 Å². The quantitative estimate of drug-likeness (QED) is 0.384. The number of amides is 2. The zero-order valence-electron chi connectivity index (χ0n) is 20.3. The van der Waals surface area contributed by atoms with Crippen molar-refractivity contribution in [3.05, 3.63) is 54.1 Å². The van der Waals surface area contributed by atoms with Gasteiger partial charge in [0.25, 0.3) is 0 Å². The van der Waals surface area contributed by atoms with Crippen LogP contribution in [0.3, 0.4) is 0 Å². The summed E-state index contributed by atoms with van der Waals surface area (Å²) in [7, 11) is 3.99. The number of para-hydroxylation sites is 1. The number of rotatable bonds is 6. The summed E-state index contributed by atoms with van der Waals surface area (Å²) in [5.74, 6) is 2.02. The van der Waals surface area contributed by atoms with Crippen LogP contribution in [0.25, 0.3) is 10.9 Å². The first-order valence-corrected chi connectivity index (χ1v) is 12.3. The third-order valence-electron chi connectivity index (χ3n) is 6.42. The fourth-order valence-corrected chi connectivity index (χ4v) is 4.69. The minimum Gasteiger partial charge on any atom is -0.362 e. The number of nitrogens with one attached hydrogen (secondary N) is 2. The highest BCUT2D eigenvalue weighted by Gasteiger charge is 2.28. The van der Waals surface area contributed by atoms with Gasteiger partial charge in [-0.2, -0.15) is 4.98 Å². The standard InChI is InChI=1S/C26H34N6OS/c1-17(2)18-9-11-20(12-10-18)28-26(33)32(34)21-15-13-19(14-16-21)27-25-29-23-8-6-5-7-22(23)24(30-25)31(3)4/h5-12,17,19,21,34H,13-16H2,1-4H3,(H,28,33)(H,27,29,30). The Morgan fingerprint density at radius 3 is 2.32 bits per heavy atom. The lowest BCUT2D eigenvalue weighted by atomic mass is 9.91. The number of benzene rings is 2. The minimum atomic E-state index is -0.189. The molecule has 3 aromatic rings. The molecule has 1 aromatic heterocycles. The molecule has 1 saturated carbocycles. The number of urea groups is 1. The summed E-state index contributed by atoms with van der Waals surface area (Å²) in [6, 6.07) is 16.2. The second-order valence-corrected chi connectivity index (χ2v) is 9.91. The van der Waals surface area contributed by atoms with Crippen molar-refractivity contribution in [1.82, 2.24) is 14.3 Å². The molecule has 0 unspecified atom stereocenters. The Hall–Kier alpha value is -3.00. The van der Waals surface area contributed by atoms with Crippen LogP contribution in [0.5, 0.6) is 0 Å². The van der Waals surface area contributed by atoms with E-state index in [1.165, 1.54) is 5.56 Å². The molecule has 1 aliphatic rings. The van der Waals surface area contributed by atoms with Crippen molar-refractivity contribution in [3.8, 4) is 0 Å². The lowest BCUT2D eigenvalue weighted by Gasteiger charge is -2.34. The van der Waals surface area contributed by atoms with Gasteiger partial charge in [0.15, 0.2) is 0 Å². The van der Waals surface area contributed by atoms with Gasteiger partial charge in [0.05, 0.1) is 5.52 Å². The average Bonchev–Trinajstić information content (AvgIpc) is 2.83. The van der Waals surface area contributed by atoms with Crippen LogP contribution in [0.4, 0.5) is 22.2 Å². The number of aromatic nitrogens is 2. The van der Waals surface area contributed by atoms with Crippen molar-refractivity contribution in [3.63, 3.8) is 0 Å². The van der Waals surface area contributed by atoms with E-state index in [0.29, 0.717) is 11.9 Å². The molecule has 7 nitrogen and oxygen atoms in total. The zero-order chi connectivity index (χ0) is 24.2. The van der Waals surface area contributed by atoms with E-state index in [9.17, 15) is 4.79 Å². The van der Waals surface area contributed by atoms with Gasteiger partial charge in [0.1, 0.15) is 5.82 Å². The molecule has 1 fully saturated rings. The third-order valence-corrected chi connectivity index (χ3v) is 6.93. The van der Waals surface area contributed by atoms with Gasteiger partial charge in [0, 0.05) is 37.3 Å². The molecule has 1 heterocycles. The van der Waals surface area contributed by atoms with Crippen LogP contribution in [0, 0.1) is 0 Å². The van der Waals surface area contributed by atoms with E-state index in [1.54, 1.807) is 4.31 Å². The van der Waals surface area contributed by atoms with Crippen molar-refractivity contribution in [2.45, 2.75) is 57.5 Å². The van der Waals surface area contributed by atoms with Crippen molar-refractivity contribution < 1.29 is 4.79 Å². The molecule has 0 saturated heterocycles. The van der Waals surface area contributed by atoms with Crippen LogP contribution in [0.1, 0.15) is 51.0 Å². The molecular formula is C26H34N6OS. The lowest BCUT2D eigenvalue weighted by molar-refractivity contribution is 0.217. The maximum atomic E-state index is 12.7. The first-order chi connectivity index (χ1) is 16.3. The van der Waals surface area contributed by atoms with Gasteiger partial charge in [0.2, 0.25) is 5.95 Å². The molecule has 180 valence electrons. The van der Waals surface area contributed by atoms with Gasteiger partial charge < -0.3 is 15.5 Å². The minimum absolute atomic E-state index is 0.0891. The van der Waals surface area contributed by atoms with E-state index in [1.807, 2.05) is 55.4 Å². The number of anilines is 3. The van der Waals surface area contributed by atoms with Crippen LogP contribution in [-0.2, 0) is 0 Å². The van der Waals surface area contributed by atoms with Gasteiger partial charge in [-0.1, -0.05) is 50.9 Å². The summed E-state index contributed by atoms with van der Waals surface area (Å²) in [5.41, 5.74) is 2.96. The molecule has 2 amide bonds. The summed E-state index contributed by atoms with van der Waals surface area (Å²) < 4.78 is 1.54. The Morgan fingerprint density at radius 1 is 1.00 bits per heavy atom. The van der Waals surface area contributed by atoms with Crippen LogP contribution in [0.2, 0.25) is 0 Å².